The summed E-state index contributed by atoms with van der Waals surface area (Å²) in [5.74, 6) is -0.0494. The summed E-state index contributed by atoms with van der Waals surface area (Å²) in [6.07, 6.45) is 10.5. The molecule has 0 bridgehead atoms. The second kappa shape index (κ2) is 4.89. The van der Waals surface area contributed by atoms with E-state index in [9.17, 15) is 9.59 Å². The van der Waals surface area contributed by atoms with Crippen molar-refractivity contribution < 1.29 is 9.59 Å². The van der Waals surface area contributed by atoms with Crippen LogP contribution in [0.1, 0.15) is 28.8 Å². The predicted molar refractivity (Wildman–Crippen MR) is 106 cm³/mol. The molecular formula is C21H12BrN3O2. The molecular weight excluding hydrogens is 406 g/mol. The Kier molecular flexibility index (Phi) is 2.76. The molecule has 0 radical (unpaired) electrons. The lowest BCUT2D eigenvalue weighted by Gasteiger charge is -2.14. The Hall–Kier alpha value is -2.86. The van der Waals surface area contributed by atoms with E-state index in [0.29, 0.717) is 10.0 Å². The molecule has 3 aliphatic heterocycles. The SMILES string of the molecule is CN1C=c2c(c3c(c4c2=C2N=CC=C2CC=4)=NC2=C3CC(=O)C=C2Br)C1=O. The number of rotatable bonds is 0. The van der Waals surface area contributed by atoms with E-state index >= 15 is 0 Å². The Labute approximate surface area is 161 Å². The number of amides is 1. The minimum Gasteiger partial charge on any atom is -0.317 e. The van der Waals surface area contributed by atoms with Crippen LogP contribution in [0.25, 0.3) is 23.5 Å². The van der Waals surface area contributed by atoms with Crippen LogP contribution in [0.2, 0.25) is 0 Å². The molecule has 0 aromatic heterocycles. The molecule has 0 atom stereocenters. The molecule has 5 nitrogen and oxygen atoms in total. The summed E-state index contributed by atoms with van der Waals surface area (Å²) in [5.41, 5.74) is 5.14. The normalized spacial score (nSPS) is 21.0. The van der Waals surface area contributed by atoms with Gasteiger partial charge in [0, 0.05) is 51.6 Å². The Balaban J connectivity index is 1.87. The van der Waals surface area contributed by atoms with E-state index in [1.165, 1.54) is 0 Å². The van der Waals surface area contributed by atoms with Gasteiger partial charge in [-0.1, -0.05) is 6.08 Å². The first-order valence-electron chi connectivity index (χ1n) is 8.70. The van der Waals surface area contributed by atoms with Gasteiger partial charge in [0.2, 0.25) is 0 Å². The molecule has 5 aliphatic rings. The van der Waals surface area contributed by atoms with Crippen molar-refractivity contribution in [1.82, 2.24) is 4.90 Å². The summed E-state index contributed by atoms with van der Waals surface area (Å²) in [6.45, 7) is 0. The summed E-state index contributed by atoms with van der Waals surface area (Å²) in [5, 5.41) is 3.66. The molecule has 1 aromatic rings. The molecule has 27 heavy (non-hydrogen) atoms. The van der Waals surface area contributed by atoms with Gasteiger partial charge in [0.15, 0.2) is 5.78 Å². The van der Waals surface area contributed by atoms with Crippen LogP contribution in [0.3, 0.4) is 0 Å². The number of carbonyl (C=O) groups is 2. The molecule has 6 heteroatoms. The van der Waals surface area contributed by atoms with Crippen molar-refractivity contribution in [3.8, 4) is 0 Å². The Bertz CT molecular complexity index is 1420. The van der Waals surface area contributed by atoms with E-state index in [-0.39, 0.29) is 18.1 Å². The van der Waals surface area contributed by atoms with E-state index in [0.717, 1.165) is 55.5 Å². The van der Waals surface area contributed by atoms with Crippen LogP contribution in [0.5, 0.6) is 0 Å². The third-order valence-corrected chi connectivity index (χ3v) is 6.23. The maximum Gasteiger partial charge on any atom is 0.258 e. The smallest absolute Gasteiger partial charge is 0.258 e. The van der Waals surface area contributed by atoms with Crippen molar-refractivity contribution in [3.63, 3.8) is 0 Å². The van der Waals surface area contributed by atoms with Crippen LogP contribution < -0.4 is 21.0 Å². The van der Waals surface area contributed by atoms with Crippen LogP contribution >= 0.6 is 15.9 Å². The number of benzene rings is 1. The zero-order valence-electron chi connectivity index (χ0n) is 14.3. The molecule has 0 saturated carbocycles. The zero-order valence-corrected chi connectivity index (χ0v) is 15.9. The highest BCUT2D eigenvalue weighted by atomic mass is 79.9. The minimum absolute atomic E-state index is 0.0156. The van der Waals surface area contributed by atoms with Crippen LogP contribution in [0, 0.1) is 0 Å². The summed E-state index contributed by atoms with van der Waals surface area (Å²) in [6, 6.07) is 0. The first-order chi connectivity index (χ1) is 13.0. The quantitative estimate of drug-likeness (QED) is 0.613. The highest BCUT2D eigenvalue weighted by Gasteiger charge is 2.34. The van der Waals surface area contributed by atoms with E-state index in [1.54, 1.807) is 18.0 Å². The number of allylic oxidation sites excluding steroid dienone is 4. The fraction of sp³-hybridized carbons (Fsp3) is 0.143. The fourth-order valence-electron chi connectivity index (χ4n) is 4.49. The van der Waals surface area contributed by atoms with Crippen LogP contribution in [0.15, 0.2) is 37.9 Å². The van der Waals surface area contributed by atoms with Crippen molar-refractivity contribution in [3.05, 3.63) is 60.0 Å². The number of ketones is 1. The molecule has 0 fully saturated rings. The van der Waals surface area contributed by atoms with Gasteiger partial charge >= 0.3 is 0 Å². The first-order valence-corrected chi connectivity index (χ1v) is 9.49. The van der Waals surface area contributed by atoms with Crippen LogP contribution in [0.4, 0.5) is 0 Å². The topological polar surface area (TPSA) is 62.1 Å². The number of carbonyl (C=O) groups excluding carboxylic acids is 2. The molecule has 2 aliphatic carbocycles. The summed E-state index contributed by atoms with van der Waals surface area (Å²) in [7, 11) is 1.76. The Morgan fingerprint density at radius 3 is 2.85 bits per heavy atom. The van der Waals surface area contributed by atoms with Crippen molar-refractivity contribution in [2.75, 3.05) is 7.05 Å². The van der Waals surface area contributed by atoms with Crippen molar-refractivity contribution in [2.45, 2.75) is 12.8 Å². The molecule has 0 spiro atoms. The number of hydrogen-bond acceptors (Lipinski definition) is 4. The van der Waals surface area contributed by atoms with E-state index in [1.807, 2.05) is 18.5 Å². The standard InChI is InChI=1S/C21H12BrN3O2/c1-25-8-13-15-11(3-2-9-4-5-23-18(9)15)20-16(17(13)21(25)27)12-6-10(26)7-14(22)19(12)24-20/h3-5,7-8H,2,6H2,1H3. The molecule has 3 heterocycles. The van der Waals surface area contributed by atoms with Gasteiger partial charge < -0.3 is 4.90 Å². The third kappa shape index (κ3) is 1.78. The van der Waals surface area contributed by atoms with Crippen LogP contribution in [-0.2, 0) is 4.79 Å². The van der Waals surface area contributed by atoms with Crippen molar-refractivity contribution in [2.24, 2.45) is 9.98 Å². The second-order valence-electron chi connectivity index (χ2n) is 7.15. The summed E-state index contributed by atoms with van der Waals surface area (Å²) >= 11 is 3.48. The molecule has 0 unspecified atom stereocenters. The maximum absolute atomic E-state index is 13.0. The monoisotopic (exact) mass is 417 g/mol. The van der Waals surface area contributed by atoms with Crippen molar-refractivity contribution >= 4 is 57.4 Å². The van der Waals surface area contributed by atoms with E-state index < -0.39 is 0 Å². The molecule has 0 N–H and O–H groups in total. The lowest BCUT2D eigenvalue weighted by atomic mass is 9.88. The van der Waals surface area contributed by atoms with Gasteiger partial charge in [0.05, 0.1) is 22.3 Å². The number of nitrogens with zero attached hydrogens (tertiary/aromatic N) is 3. The number of hydrogen-bond donors (Lipinski definition) is 0. The molecule has 130 valence electrons. The highest BCUT2D eigenvalue weighted by Crippen LogP contribution is 2.37. The average molecular weight is 418 g/mol. The number of halogens is 1. The third-order valence-electron chi connectivity index (χ3n) is 5.63. The first kappa shape index (κ1) is 15.2. The number of aliphatic imine (C=N–C) groups is 1. The number of fused-ring (bicyclic) bond motifs is 8. The Morgan fingerprint density at radius 2 is 2.00 bits per heavy atom. The summed E-state index contributed by atoms with van der Waals surface area (Å²) in [4.78, 5) is 36.2. The van der Waals surface area contributed by atoms with Crippen molar-refractivity contribution in [1.29, 1.82) is 0 Å². The van der Waals surface area contributed by atoms with Gasteiger partial charge in [-0.25, -0.2) is 4.99 Å². The molecule has 1 aromatic carbocycles. The van der Waals surface area contributed by atoms with Gasteiger partial charge in [-0.2, -0.15) is 0 Å². The fourth-order valence-corrected chi connectivity index (χ4v) is 5.07. The van der Waals surface area contributed by atoms with Gasteiger partial charge in [-0.05, 0) is 45.6 Å². The average Bonchev–Trinajstić information content (AvgIpc) is 3.31. The molecule has 6 rings (SSSR count). The van der Waals surface area contributed by atoms with Gasteiger partial charge in [-0.15, -0.1) is 0 Å². The van der Waals surface area contributed by atoms with Gasteiger partial charge in [0.25, 0.3) is 5.91 Å². The molecule has 0 saturated heterocycles. The zero-order chi connectivity index (χ0) is 18.4. The van der Waals surface area contributed by atoms with E-state index in [4.69, 9.17) is 4.99 Å². The van der Waals surface area contributed by atoms with Gasteiger partial charge in [0.1, 0.15) is 0 Å². The minimum atomic E-state index is -0.0650. The second-order valence-corrected chi connectivity index (χ2v) is 8.00. The lowest BCUT2D eigenvalue weighted by Crippen LogP contribution is -2.53. The largest absolute Gasteiger partial charge is 0.317 e. The van der Waals surface area contributed by atoms with Gasteiger partial charge in [-0.3, -0.25) is 14.6 Å². The Morgan fingerprint density at radius 1 is 1.15 bits per heavy atom. The molecule has 1 amide bonds. The van der Waals surface area contributed by atoms with Crippen LogP contribution in [-0.4, -0.2) is 29.9 Å². The highest BCUT2D eigenvalue weighted by molar-refractivity contribution is 9.12. The maximum atomic E-state index is 13.0. The predicted octanol–water partition coefficient (Wildman–Crippen LogP) is 0.409. The lowest BCUT2D eigenvalue weighted by molar-refractivity contribution is -0.113. The summed E-state index contributed by atoms with van der Waals surface area (Å²) < 4.78 is 0.679. The van der Waals surface area contributed by atoms with E-state index in [2.05, 4.69) is 27.0 Å².